The molecule has 1 aromatic heterocycles. The zero-order chi connectivity index (χ0) is 33.0. The zero-order valence-corrected chi connectivity index (χ0v) is 26.7. The molecule has 1 saturated heterocycles. The van der Waals surface area contributed by atoms with Crippen LogP contribution in [0.3, 0.4) is 0 Å². The first-order valence-electron chi connectivity index (χ1n) is 14.7. The molecular formula is C34H37FN6O5. The zero-order valence-electron chi connectivity index (χ0n) is 26.7. The number of carbonyl (C=O) groups is 2. The predicted octanol–water partition coefficient (Wildman–Crippen LogP) is 6.08. The molecule has 11 nitrogen and oxygen atoms in total. The van der Waals surface area contributed by atoms with Gasteiger partial charge in [0.2, 0.25) is 0 Å². The van der Waals surface area contributed by atoms with E-state index in [1.54, 1.807) is 63.7 Å². The molecule has 5 rings (SSSR count). The number of ether oxygens (including phenoxy) is 3. The lowest BCUT2D eigenvalue weighted by Crippen LogP contribution is -2.24. The molecule has 4 aromatic rings. The second-order valence-electron chi connectivity index (χ2n) is 11.2. The van der Waals surface area contributed by atoms with E-state index >= 15 is 0 Å². The van der Waals surface area contributed by atoms with Gasteiger partial charge in [-0.3, -0.25) is 14.5 Å². The van der Waals surface area contributed by atoms with Crippen LogP contribution >= 0.6 is 0 Å². The van der Waals surface area contributed by atoms with Crippen molar-refractivity contribution in [2.24, 2.45) is 0 Å². The van der Waals surface area contributed by atoms with Gasteiger partial charge < -0.3 is 29.7 Å². The van der Waals surface area contributed by atoms with Gasteiger partial charge in [0.25, 0.3) is 11.8 Å². The lowest BCUT2D eigenvalue weighted by Gasteiger charge is -2.17. The quantitative estimate of drug-likeness (QED) is 0.202. The highest BCUT2D eigenvalue weighted by molar-refractivity contribution is 6.05. The predicted molar refractivity (Wildman–Crippen MR) is 175 cm³/mol. The van der Waals surface area contributed by atoms with Gasteiger partial charge in [0.1, 0.15) is 35.1 Å². The van der Waals surface area contributed by atoms with Crippen molar-refractivity contribution < 1.29 is 28.2 Å². The number of halogens is 1. The minimum absolute atomic E-state index is 0.0960. The van der Waals surface area contributed by atoms with E-state index in [2.05, 4.69) is 20.6 Å². The molecule has 0 saturated carbocycles. The number of aryl methyl sites for hydroxylation is 1. The van der Waals surface area contributed by atoms with Crippen LogP contribution in [0.1, 0.15) is 28.8 Å². The number of anilines is 3. The topological polar surface area (TPSA) is 118 Å². The molecule has 1 fully saturated rings. The summed E-state index contributed by atoms with van der Waals surface area (Å²) in [5.41, 5.74) is 2.78. The molecule has 0 spiro atoms. The summed E-state index contributed by atoms with van der Waals surface area (Å²) in [5, 5.41) is 6.50. The maximum Gasteiger partial charge on any atom is 0.284 e. The standard InChI is InChI=1S/C34H37FN6O5/c1-20-14-27(31(45-6)18-29(20)46-23-11-9-21(10-12-23)34(43)40(2)3)38-32-24-16-28(30(44-5)17-26(24)36-19-37-32)39-33(42)25(35)15-22-8-7-13-41(22)4/h9-12,14-19,22H,7-8,13H2,1-6H3,(H,39,42)(H,36,37,38)/b25-15-/t22-/m1/s1. The summed E-state index contributed by atoms with van der Waals surface area (Å²) in [6.45, 7) is 2.75. The summed E-state index contributed by atoms with van der Waals surface area (Å²) in [6, 6.07) is 13.7. The summed E-state index contributed by atoms with van der Waals surface area (Å²) in [5.74, 6) is 0.548. The van der Waals surface area contributed by atoms with Crippen LogP contribution < -0.4 is 24.8 Å². The van der Waals surface area contributed by atoms with E-state index in [0.717, 1.165) is 24.9 Å². The smallest absolute Gasteiger partial charge is 0.284 e. The van der Waals surface area contributed by atoms with Gasteiger partial charge >= 0.3 is 0 Å². The number of carbonyl (C=O) groups excluding carboxylic acids is 2. The molecule has 1 aliphatic heterocycles. The maximum absolute atomic E-state index is 14.9. The van der Waals surface area contributed by atoms with Crippen molar-refractivity contribution in [1.29, 1.82) is 0 Å². The first-order chi connectivity index (χ1) is 22.1. The number of rotatable bonds is 10. The van der Waals surface area contributed by atoms with E-state index in [-0.39, 0.29) is 17.6 Å². The Labute approximate surface area is 267 Å². The number of fused-ring (bicyclic) bond motifs is 1. The molecule has 240 valence electrons. The third-order valence-corrected chi connectivity index (χ3v) is 7.82. The summed E-state index contributed by atoms with van der Waals surface area (Å²) in [7, 11) is 8.32. The number of nitrogens with one attached hydrogen (secondary N) is 2. The Hall–Kier alpha value is -5.23. The number of benzene rings is 3. The molecule has 3 aromatic carbocycles. The van der Waals surface area contributed by atoms with Gasteiger partial charge in [-0.05, 0) is 81.4 Å². The molecule has 0 bridgehead atoms. The highest BCUT2D eigenvalue weighted by Gasteiger charge is 2.22. The molecule has 0 radical (unpaired) electrons. The molecule has 0 unspecified atom stereocenters. The fourth-order valence-electron chi connectivity index (χ4n) is 5.25. The number of amides is 2. The average molecular weight is 629 g/mol. The minimum Gasteiger partial charge on any atom is -0.494 e. The van der Waals surface area contributed by atoms with Gasteiger partial charge in [-0.2, -0.15) is 0 Å². The molecule has 12 heteroatoms. The summed E-state index contributed by atoms with van der Waals surface area (Å²) >= 11 is 0. The van der Waals surface area contributed by atoms with Crippen LogP contribution in [0.15, 0.2) is 66.8 Å². The van der Waals surface area contributed by atoms with Crippen molar-refractivity contribution in [2.75, 3.05) is 52.5 Å². The fourth-order valence-corrected chi connectivity index (χ4v) is 5.25. The Balaban J connectivity index is 1.41. The second kappa shape index (κ2) is 13.8. The Kier molecular flexibility index (Phi) is 9.67. The van der Waals surface area contributed by atoms with Gasteiger partial charge in [-0.1, -0.05) is 0 Å². The lowest BCUT2D eigenvalue weighted by atomic mass is 10.1. The second-order valence-corrected chi connectivity index (χ2v) is 11.2. The van der Waals surface area contributed by atoms with Gasteiger partial charge in [0.15, 0.2) is 5.83 Å². The number of likely N-dealkylation sites (tertiary alicyclic amines) is 1. The van der Waals surface area contributed by atoms with E-state index in [0.29, 0.717) is 51.0 Å². The summed E-state index contributed by atoms with van der Waals surface area (Å²) in [4.78, 5) is 37.4. The van der Waals surface area contributed by atoms with Crippen LogP contribution in [0.2, 0.25) is 0 Å². The highest BCUT2D eigenvalue weighted by Crippen LogP contribution is 2.39. The normalized spacial score (nSPS) is 15.0. The van der Waals surface area contributed by atoms with Crippen LogP contribution in [0.4, 0.5) is 21.6 Å². The van der Waals surface area contributed by atoms with Crippen molar-refractivity contribution in [3.63, 3.8) is 0 Å². The first-order valence-corrected chi connectivity index (χ1v) is 14.7. The van der Waals surface area contributed by atoms with E-state index in [1.807, 2.05) is 24.9 Å². The van der Waals surface area contributed by atoms with E-state index in [9.17, 15) is 14.0 Å². The Morgan fingerprint density at radius 3 is 2.37 bits per heavy atom. The molecule has 1 atom stereocenters. The van der Waals surface area contributed by atoms with Crippen LogP contribution in [0.5, 0.6) is 23.0 Å². The largest absolute Gasteiger partial charge is 0.494 e. The van der Waals surface area contributed by atoms with Crippen LogP contribution in [-0.2, 0) is 4.79 Å². The third kappa shape index (κ3) is 7.02. The van der Waals surface area contributed by atoms with Gasteiger partial charge in [0.05, 0.1) is 31.1 Å². The summed E-state index contributed by atoms with van der Waals surface area (Å²) in [6.07, 6.45) is 4.51. The molecule has 2 heterocycles. The maximum atomic E-state index is 14.9. The van der Waals surface area contributed by atoms with Gasteiger partial charge in [-0.25, -0.2) is 14.4 Å². The Morgan fingerprint density at radius 1 is 1.00 bits per heavy atom. The lowest BCUT2D eigenvalue weighted by molar-refractivity contribution is -0.114. The molecule has 46 heavy (non-hydrogen) atoms. The van der Waals surface area contributed by atoms with Gasteiger partial charge in [-0.15, -0.1) is 0 Å². The van der Waals surface area contributed by atoms with Gasteiger partial charge in [0, 0.05) is 43.2 Å². The molecule has 0 aliphatic carbocycles. The van der Waals surface area contributed by atoms with Crippen LogP contribution in [0, 0.1) is 6.92 Å². The van der Waals surface area contributed by atoms with E-state index in [1.165, 1.54) is 24.4 Å². The van der Waals surface area contributed by atoms with Crippen molar-refractivity contribution in [1.82, 2.24) is 19.8 Å². The SMILES string of the molecule is COc1cc2ncnc(Nc3cc(C)c(Oc4ccc(C(=O)N(C)C)cc4)cc3OC)c2cc1NC(=O)/C(F)=C/[C@H]1CCCN1C. The third-order valence-electron chi connectivity index (χ3n) is 7.82. The number of likely N-dealkylation sites (N-methyl/N-ethyl adjacent to an activating group) is 1. The Bertz CT molecular complexity index is 1790. The average Bonchev–Trinajstić information content (AvgIpc) is 3.45. The van der Waals surface area contributed by atoms with Crippen molar-refractivity contribution in [3.8, 4) is 23.0 Å². The molecule has 2 amide bonds. The monoisotopic (exact) mass is 628 g/mol. The first kappa shape index (κ1) is 32.2. The molecular weight excluding hydrogens is 591 g/mol. The number of aromatic nitrogens is 2. The van der Waals surface area contributed by atoms with Crippen molar-refractivity contribution >= 4 is 39.9 Å². The molecule has 2 N–H and O–H groups in total. The van der Waals surface area contributed by atoms with Crippen LogP contribution in [0.25, 0.3) is 10.9 Å². The Morgan fingerprint density at radius 2 is 1.72 bits per heavy atom. The molecule has 1 aliphatic rings. The number of methoxy groups -OCH3 is 2. The number of hydrogen-bond donors (Lipinski definition) is 2. The van der Waals surface area contributed by atoms with Crippen LogP contribution in [-0.4, -0.2) is 79.5 Å². The highest BCUT2D eigenvalue weighted by atomic mass is 19.1. The number of hydrogen-bond acceptors (Lipinski definition) is 9. The van der Waals surface area contributed by atoms with E-state index in [4.69, 9.17) is 14.2 Å². The van der Waals surface area contributed by atoms with Crippen molar-refractivity contribution in [2.45, 2.75) is 25.8 Å². The number of nitrogens with zero attached hydrogens (tertiary/aromatic N) is 4. The fraction of sp³-hybridized carbons (Fsp3) is 0.294. The van der Waals surface area contributed by atoms with E-state index < -0.39 is 11.7 Å². The van der Waals surface area contributed by atoms with Crippen molar-refractivity contribution in [3.05, 3.63) is 77.9 Å². The summed E-state index contributed by atoms with van der Waals surface area (Å²) < 4.78 is 32.2. The minimum atomic E-state index is -0.865.